The molecule has 0 saturated heterocycles. The van der Waals surface area contributed by atoms with Gasteiger partial charge in [-0.3, -0.25) is 14.4 Å². The van der Waals surface area contributed by atoms with Crippen LogP contribution < -0.4 is 0 Å². The van der Waals surface area contributed by atoms with Crippen molar-refractivity contribution in [1.29, 1.82) is 0 Å². The summed E-state index contributed by atoms with van der Waals surface area (Å²) in [7, 11) is 0. The van der Waals surface area contributed by atoms with Gasteiger partial charge in [0.15, 0.2) is 6.10 Å². The average Bonchev–Trinajstić information content (AvgIpc) is 3.43. The molecule has 0 fully saturated rings. The van der Waals surface area contributed by atoms with Crippen molar-refractivity contribution >= 4 is 17.9 Å². The topological polar surface area (TPSA) is 78.9 Å². The van der Waals surface area contributed by atoms with Crippen molar-refractivity contribution in [3.8, 4) is 0 Å². The van der Waals surface area contributed by atoms with Gasteiger partial charge in [-0.05, 0) is 116 Å². The summed E-state index contributed by atoms with van der Waals surface area (Å²) in [6.45, 7) is 6.53. The van der Waals surface area contributed by atoms with Crippen molar-refractivity contribution in [3.63, 3.8) is 0 Å². The molecule has 0 aromatic rings. The summed E-state index contributed by atoms with van der Waals surface area (Å²) in [5.74, 6) is -0.890. The largest absolute Gasteiger partial charge is 0.462 e. The highest BCUT2D eigenvalue weighted by Crippen LogP contribution is 2.16. The first-order valence-corrected chi connectivity index (χ1v) is 33.1. The molecule has 0 aliphatic carbocycles. The molecule has 0 amide bonds. The molecular weight excluding hydrogens is 949 g/mol. The van der Waals surface area contributed by atoms with E-state index in [0.717, 1.165) is 103 Å². The Morgan fingerprint density at radius 2 is 0.506 bits per heavy atom. The lowest BCUT2D eigenvalue weighted by molar-refractivity contribution is -0.167. The molecule has 0 saturated carbocycles. The zero-order valence-electron chi connectivity index (χ0n) is 51.0. The van der Waals surface area contributed by atoms with Crippen LogP contribution in [0, 0.1) is 0 Å². The number of carbonyl (C=O) groups is 3. The van der Waals surface area contributed by atoms with E-state index in [0.29, 0.717) is 19.3 Å². The zero-order chi connectivity index (χ0) is 55.7. The van der Waals surface area contributed by atoms with Crippen LogP contribution in [0.4, 0.5) is 0 Å². The van der Waals surface area contributed by atoms with Crippen LogP contribution in [0.5, 0.6) is 0 Å². The molecule has 0 aromatic carbocycles. The number of carbonyl (C=O) groups excluding carboxylic acids is 3. The van der Waals surface area contributed by atoms with E-state index >= 15 is 0 Å². The first-order chi connectivity index (χ1) is 38.0. The van der Waals surface area contributed by atoms with Crippen LogP contribution in [0.25, 0.3) is 0 Å². The lowest BCUT2D eigenvalue weighted by atomic mass is 10.0. The lowest BCUT2D eigenvalue weighted by Gasteiger charge is -2.18. The van der Waals surface area contributed by atoms with Crippen molar-refractivity contribution < 1.29 is 28.6 Å². The second kappa shape index (κ2) is 65.1. The van der Waals surface area contributed by atoms with Gasteiger partial charge in [-0.25, -0.2) is 0 Å². The fourth-order valence-electron chi connectivity index (χ4n) is 9.40. The summed E-state index contributed by atoms with van der Waals surface area (Å²) in [6, 6.07) is 0. The van der Waals surface area contributed by atoms with Crippen LogP contribution in [-0.2, 0) is 28.6 Å². The molecule has 77 heavy (non-hydrogen) atoms. The first-order valence-electron chi connectivity index (χ1n) is 33.1. The average molecular weight is 1070 g/mol. The highest BCUT2D eigenvalue weighted by Gasteiger charge is 2.19. The molecule has 0 N–H and O–H groups in total. The van der Waals surface area contributed by atoms with E-state index in [9.17, 15) is 14.4 Å². The zero-order valence-corrected chi connectivity index (χ0v) is 51.0. The number of esters is 3. The molecular formula is C71H124O6. The standard InChI is InChI=1S/C71H124O6/c1-4-7-10-13-16-19-22-25-28-30-31-32-33-34-35-36-37-38-39-41-43-46-49-52-55-58-61-64-70(73)76-67-68(66-75-69(72)63-60-57-54-51-48-45-42-27-24-21-18-15-12-9-6-3)77-71(74)65-62-59-56-53-50-47-44-40-29-26-23-20-17-14-11-8-5-2/h8,11,17,20,22,25-27,29-31,33-34,42,68H,4-7,9-10,12-16,18-19,21,23-24,28,32,35-41,43-67H2,1-3H3/b11-8-,20-17-,25-22-,29-26-,31-30-,34-33-,42-27-. The summed E-state index contributed by atoms with van der Waals surface area (Å²) in [5.41, 5.74) is 0. The Morgan fingerprint density at radius 1 is 0.273 bits per heavy atom. The third-order valence-corrected chi connectivity index (χ3v) is 14.4. The molecule has 0 spiro atoms. The van der Waals surface area contributed by atoms with Gasteiger partial charge in [0, 0.05) is 19.3 Å². The maximum atomic E-state index is 12.9. The molecule has 6 nitrogen and oxygen atoms in total. The summed E-state index contributed by atoms with van der Waals surface area (Å²) in [5, 5.41) is 0. The van der Waals surface area contributed by atoms with Crippen molar-refractivity contribution in [1.82, 2.24) is 0 Å². The van der Waals surface area contributed by atoms with E-state index in [4.69, 9.17) is 14.2 Å². The molecule has 1 atom stereocenters. The number of hydrogen-bond acceptors (Lipinski definition) is 6. The summed E-state index contributed by atoms with van der Waals surface area (Å²) in [6.07, 6.45) is 85.9. The fraction of sp³-hybridized carbons (Fsp3) is 0.761. The van der Waals surface area contributed by atoms with E-state index < -0.39 is 6.10 Å². The summed E-state index contributed by atoms with van der Waals surface area (Å²) < 4.78 is 16.9. The quantitative estimate of drug-likeness (QED) is 0.0261. The van der Waals surface area contributed by atoms with E-state index in [1.165, 1.54) is 186 Å². The minimum atomic E-state index is -0.787. The molecule has 0 radical (unpaired) electrons. The smallest absolute Gasteiger partial charge is 0.306 e. The Kier molecular flexibility index (Phi) is 62.2. The van der Waals surface area contributed by atoms with Crippen LogP contribution in [0.15, 0.2) is 85.1 Å². The summed E-state index contributed by atoms with van der Waals surface area (Å²) >= 11 is 0. The van der Waals surface area contributed by atoms with Crippen LogP contribution >= 0.6 is 0 Å². The van der Waals surface area contributed by atoms with Gasteiger partial charge in [0.1, 0.15) is 13.2 Å². The lowest BCUT2D eigenvalue weighted by Crippen LogP contribution is -2.30. The Balaban J connectivity index is 4.31. The molecule has 0 rings (SSSR count). The number of allylic oxidation sites excluding steroid dienone is 14. The van der Waals surface area contributed by atoms with Gasteiger partial charge in [0.2, 0.25) is 0 Å². The molecule has 6 heteroatoms. The molecule has 0 aromatic heterocycles. The minimum Gasteiger partial charge on any atom is -0.462 e. The van der Waals surface area contributed by atoms with Crippen molar-refractivity contribution in [2.75, 3.05) is 13.2 Å². The van der Waals surface area contributed by atoms with E-state index in [1.807, 2.05) is 0 Å². The van der Waals surface area contributed by atoms with Crippen LogP contribution in [-0.4, -0.2) is 37.2 Å². The number of unbranched alkanes of at least 4 members (excludes halogenated alkanes) is 35. The third-order valence-electron chi connectivity index (χ3n) is 14.4. The summed E-state index contributed by atoms with van der Waals surface area (Å²) in [4.78, 5) is 38.3. The Bertz CT molecular complexity index is 1470. The maximum absolute atomic E-state index is 12.9. The van der Waals surface area contributed by atoms with Gasteiger partial charge in [0.05, 0.1) is 0 Å². The Morgan fingerprint density at radius 3 is 0.805 bits per heavy atom. The number of rotatable bonds is 60. The van der Waals surface area contributed by atoms with Crippen LogP contribution in [0.3, 0.4) is 0 Å². The SMILES string of the molecule is CC/C=C\C/C=C\C/C=C\CCCCCCCCCC(=O)OC(COC(=O)CCCCCCC/C=C\CCCCCCCC)COC(=O)CCCCCCCCCCCCCC/C=C\C/C=C\C/C=C\CCCCCCC. The third kappa shape index (κ3) is 63.3. The molecule has 0 heterocycles. The van der Waals surface area contributed by atoms with Crippen molar-refractivity contribution in [2.45, 2.75) is 335 Å². The van der Waals surface area contributed by atoms with Gasteiger partial charge in [-0.1, -0.05) is 279 Å². The predicted octanol–water partition coefficient (Wildman–Crippen LogP) is 22.7. The highest BCUT2D eigenvalue weighted by atomic mass is 16.6. The highest BCUT2D eigenvalue weighted by molar-refractivity contribution is 5.71. The molecule has 0 aliphatic rings. The maximum Gasteiger partial charge on any atom is 0.306 e. The molecule has 444 valence electrons. The fourth-order valence-corrected chi connectivity index (χ4v) is 9.40. The number of hydrogen-bond donors (Lipinski definition) is 0. The van der Waals surface area contributed by atoms with Crippen LogP contribution in [0.1, 0.15) is 329 Å². The van der Waals surface area contributed by atoms with Crippen molar-refractivity contribution in [3.05, 3.63) is 85.1 Å². The predicted molar refractivity (Wildman–Crippen MR) is 334 cm³/mol. The molecule has 1 unspecified atom stereocenters. The molecule has 0 aliphatic heterocycles. The number of ether oxygens (including phenoxy) is 3. The Labute approximate surface area is 477 Å². The van der Waals surface area contributed by atoms with Gasteiger partial charge in [-0.2, -0.15) is 0 Å². The van der Waals surface area contributed by atoms with Gasteiger partial charge in [-0.15, -0.1) is 0 Å². The van der Waals surface area contributed by atoms with E-state index in [1.54, 1.807) is 0 Å². The first kappa shape index (κ1) is 73.6. The monoisotopic (exact) mass is 1070 g/mol. The van der Waals surface area contributed by atoms with Crippen LogP contribution in [0.2, 0.25) is 0 Å². The Hall–Kier alpha value is -3.41. The van der Waals surface area contributed by atoms with Gasteiger partial charge >= 0.3 is 17.9 Å². The van der Waals surface area contributed by atoms with Gasteiger partial charge < -0.3 is 14.2 Å². The second-order valence-corrected chi connectivity index (χ2v) is 22.0. The van der Waals surface area contributed by atoms with Gasteiger partial charge in [0.25, 0.3) is 0 Å². The molecule has 0 bridgehead atoms. The second-order valence-electron chi connectivity index (χ2n) is 22.0. The van der Waals surface area contributed by atoms with E-state index in [-0.39, 0.29) is 31.1 Å². The normalized spacial score (nSPS) is 12.6. The minimum absolute atomic E-state index is 0.0829. The van der Waals surface area contributed by atoms with E-state index in [2.05, 4.69) is 106 Å². The van der Waals surface area contributed by atoms with Crippen molar-refractivity contribution in [2.24, 2.45) is 0 Å².